The Morgan fingerprint density at radius 2 is 1.55 bits per heavy atom. The van der Waals surface area contributed by atoms with Crippen molar-refractivity contribution >= 4 is 0 Å². The number of hydrogen-bond donors (Lipinski definition) is 7. The van der Waals surface area contributed by atoms with E-state index in [0.29, 0.717) is 12.8 Å². The van der Waals surface area contributed by atoms with Gasteiger partial charge in [-0.1, -0.05) is 6.07 Å². The molecule has 0 radical (unpaired) electrons. The quantitative estimate of drug-likeness (QED) is 0.126. The molecule has 13 nitrogen and oxygen atoms in total. The molecule has 2 aromatic carbocycles. The van der Waals surface area contributed by atoms with Crippen molar-refractivity contribution in [3.05, 3.63) is 41.5 Å². The van der Waals surface area contributed by atoms with Crippen molar-refractivity contribution in [3.63, 3.8) is 0 Å². The second-order valence-corrected chi connectivity index (χ2v) is 9.42. The van der Waals surface area contributed by atoms with E-state index < -0.39 is 49.2 Å². The number of phenols is 1. The number of phenolic OH excluding ortho intramolecular Hbond substituents is 1. The van der Waals surface area contributed by atoms with Crippen LogP contribution in [0.3, 0.4) is 0 Å². The normalized spacial score (nSPS) is 25.1. The molecular formula is C27H38O13. The van der Waals surface area contributed by atoms with Crippen LogP contribution in [0.2, 0.25) is 0 Å². The Kier molecular flexibility index (Phi) is 10.8. The Labute approximate surface area is 231 Å². The van der Waals surface area contributed by atoms with E-state index in [1.807, 2.05) is 0 Å². The molecule has 0 saturated carbocycles. The first kappa shape index (κ1) is 31.6. The Morgan fingerprint density at radius 3 is 2.12 bits per heavy atom. The molecule has 13 heteroatoms. The van der Waals surface area contributed by atoms with Crippen LogP contribution in [0.5, 0.6) is 28.7 Å². The topological polar surface area (TPSA) is 197 Å². The van der Waals surface area contributed by atoms with Gasteiger partial charge < -0.3 is 64.2 Å². The highest BCUT2D eigenvalue weighted by molar-refractivity contribution is 5.54. The van der Waals surface area contributed by atoms with Crippen LogP contribution >= 0.6 is 0 Å². The summed E-state index contributed by atoms with van der Waals surface area (Å²) in [7, 11) is 4.07. The zero-order valence-corrected chi connectivity index (χ0v) is 22.8. The Hall–Kier alpha value is -2.88. The highest BCUT2D eigenvalue weighted by Crippen LogP contribution is 2.43. The van der Waals surface area contributed by atoms with Crippen LogP contribution < -0.4 is 18.9 Å². The van der Waals surface area contributed by atoms with Gasteiger partial charge in [-0.2, -0.15) is 0 Å². The van der Waals surface area contributed by atoms with Crippen LogP contribution in [-0.2, 0) is 15.9 Å². The molecule has 0 bridgehead atoms. The van der Waals surface area contributed by atoms with Crippen LogP contribution in [0.15, 0.2) is 30.3 Å². The lowest BCUT2D eigenvalue weighted by Crippen LogP contribution is -2.57. The van der Waals surface area contributed by atoms with Crippen LogP contribution in [-0.4, -0.2) is 107 Å². The zero-order valence-electron chi connectivity index (χ0n) is 22.8. The third-order valence-corrected chi connectivity index (χ3v) is 6.67. The molecule has 0 amide bonds. The van der Waals surface area contributed by atoms with Gasteiger partial charge in [0.2, 0.25) is 5.75 Å². The molecule has 1 aliphatic heterocycles. The van der Waals surface area contributed by atoms with Crippen LogP contribution in [0.4, 0.5) is 0 Å². The standard InChI is InChI=1S/C27H38O13/c1-14-21(30)22(31)23(32)26(39-14)38-9-5-6-15-10-19(36-3)24(20(11-15)37-4)40-27(34,13-28)25(33)16-7-8-17(29)18(12-16)35-2/h7-8,10-12,14,21-23,25-26,28-34H,5-6,9,13H2,1-4H3/t14-,21-,22+,23+,25+,26+,27-/m0/s1. The maximum Gasteiger partial charge on any atom is 0.262 e. The van der Waals surface area contributed by atoms with Crippen molar-refractivity contribution in [1.29, 1.82) is 0 Å². The number of aryl methyl sites for hydroxylation is 1. The summed E-state index contributed by atoms with van der Waals surface area (Å²) in [6.07, 6.45) is -6.65. The molecule has 0 spiro atoms. The van der Waals surface area contributed by atoms with Gasteiger partial charge in [0.05, 0.1) is 34.0 Å². The Morgan fingerprint density at radius 1 is 0.925 bits per heavy atom. The summed E-state index contributed by atoms with van der Waals surface area (Å²) in [6, 6.07) is 7.15. The zero-order chi connectivity index (χ0) is 29.6. The minimum Gasteiger partial charge on any atom is -0.504 e. The van der Waals surface area contributed by atoms with Crippen molar-refractivity contribution in [1.82, 2.24) is 0 Å². The van der Waals surface area contributed by atoms with Crippen molar-refractivity contribution in [3.8, 4) is 28.7 Å². The molecule has 0 aromatic heterocycles. The summed E-state index contributed by atoms with van der Waals surface area (Å²) >= 11 is 0. The maximum absolute atomic E-state index is 11.1. The van der Waals surface area contributed by atoms with E-state index in [1.165, 1.54) is 39.5 Å². The molecule has 0 unspecified atom stereocenters. The van der Waals surface area contributed by atoms with E-state index in [1.54, 1.807) is 19.1 Å². The summed E-state index contributed by atoms with van der Waals surface area (Å²) in [4.78, 5) is 0. The lowest BCUT2D eigenvalue weighted by Gasteiger charge is -2.38. The van der Waals surface area contributed by atoms with Gasteiger partial charge in [0, 0.05) is 0 Å². The van der Waals surface area contributed by atoms with Crippen molar-refractivity contribution in [2.24, 2.45) is 0 Å². The molecule has 1 fully saturated rings. The summed E-state index contributed by atoms with van der Waals surface area (Å²) < 4.78 is 32.6. The van der Waals surface area contributed by atoms with Gasteiger partial charge in [-0.05, 0) is 55.2 Å². The molecule has 224 valence electrons. The van der Waals surface area contributed by atoms with Gasteiger partial charge in [0.1, 0.15) is 31.0 Å². The highest BCUT2D eigenvalue weighted by Gasteiger charge is 2.43. The van der Waals surface area contributed by atoms with Gasteiger partial charge in [0.25, 0.3) is 5.79 Å². The highest BCUT2D eigenvalue weighted by atomic mass is 16.7. The summed E-state index contributed by atoms with van der Waals surface area (Å²) in [6.45, 7) is 0.714. The summed E-state index contributed by atoms with van der Waals surface area (Å²) in [5.74, 6) is -2.44. The molecular weight excluding hydrogens is 532 g/mol. The second-order valence-electron chi connectivity index (χ2n) is 9.42. The third-order valence-electron chi connectivity index (χ3n) is 6.67. The average Bonchev–Trinajstić information content (AvgIpc) is 2.96. The van der Waals surface area contributed by atoms with Gasteiger partial charge >= 0.3 is 0 Å². The molecule has 3 rings (SSSR count). The fourth-order valence-corrected chi connectivity index (χ4v) is 4.28. The average molecular weight is 571 g/mol. The first-order valence-electron chi connectivity index (χ1n) is 12.6. The lowest BCUT2D eigenvalue weighted by molar-refractivity contribution is -0.293. The molecule has 7 atom stereocenters. The number of rotatable bonds is 13. The van der Waals surface area contributed by atoms with Gasteiger partial charge in [-0.3, -0.25) is 0 Å². The number of aliphatic hydroxyl groups is 6. The number of benzene rings is 2. The molecule has 40 heavy (non-hydrogen) atoms. The minimum absolute atomic E-state index is 0.0492. The number of aliphatic hydroxyl groups excluding tert-OH is 5. The molecule has 2 aromatic rings. The third kappa shape index (κ3) is 6.87. The van der Waals surface area contributed by atoms with Crippen LogP contribution in [0.25, 0.3) is 0 Å². The van der Waals surface area contributed by atoms with E-state index >= 15 is 0 Å². The maximum atomic E-state index is 11.1. The molecule has 1 saturated heterocycles. The van der Waals surface area contributed by atoms with Crippen molar-refractivity contribution in [2.45, 2.75) is 62.4 Å². The number of aromatic hydroxyl groups is 1. The molecule has 1 aliphatic rings. The van der Waals surface area contributed by atoms with Crippen molar-refractivity contribution in [2.75, 3.05) is 34.5 Å². The first-order valence-corrected chi connectivity index (χ1v) is 12.6. The van der Waals surface area contributed by atoms with E-state index in [0.717, 1.165) is 5.56 Å². The summed E-state index contributed by atoms with van der Waals surface area (Å²) in [5, 5.41) is 71.6. The molecule has 1 heterocycles. The fourth-order valence-electron chi connectivity index (χ4n) is 4.28. The monoisotopic (exact) mass is 570 g/mol. The Bertz CT molecular complexity index is 1090. The van der Waals surface area contributed by atoms with E-state index in [9.17, 15) is 35.7 Å². The van der Waals surface area contributed by atoms with Crippen LogP contribution in [0.1, 0.15) is 30.6 Å². The van der Waals surface area contributed by atoms with Gasteiger partial charge in [0.15, 0.2) is 29.3 Å². The second kappa shape index (κ2) is 13.7. The predicted molar refractivity (Wildman–Crippen MR) is 138 cm³/mol. The van der Waals surface area contributed by atoms with E-state index in [4.69, 9.17) is 28.4 Å². The molecule has 0 aliphatic carbocycles. The Balaban J connectivity index is 1.73. The number of hydrogen-bond acceptors (Lipinski definition) is 13. The lowest BCUT2D eigenvalue weighted by atomic mass is 10.00. The van der Waals surface area contributed by atoms with Crippen LogP contribution in [0, 0.1) is 0 Å². The molecule has 7 N–H and O–H groups in total. The largest absolute Gasteiger partial charge is 0.504 e. The SMILES string of the molecule is COc1cc([C@@H](O)[C@](O)(CO)Oc2c(OC)cc(CCCO[C@@H]3O[C@@H](C)[C@H](O)[C@@H](O)[C@H]3O)cc2OC)ccc1O. The predicted octanol–water partition coefficient (Wildman–Crippen LogP) is -0.0120. The number of methoxy groups -OCH3 is 3. The first-order chi connectivity index (χ1) is 19.0. The van der Waals surface area contributed by atoms with Gasteiger partial charge in [-0.15, -0.1) is 0 Å². The fraction of sp³-hybridized carbons (Fsp3) is 0.556. The van der Waals surface area contributed by atoms with E-state index in [-0.39, 0.29) is 40.9 Å². The minimum atomic E-state index is -2.53. The van der Waals surface area contributed by atoms with Crippen molar-refractivity contribution < 1.29 is 64.2 Å². The van der Waals surface area contributed by atoms with Gasteiger partial charge in [-0.25, -0.2) is 0 Å². The summed E-state index contributed by atoms with van der Waals surface area (Å²) in [5.41, 5.74) is 0.833. The smallest absolute Gasteiger partial charge is 0.262 e. The van der Waals surface area contributed by atoms with E-state index in [2.05, 4.69) is 0 Å². The number of ether oxygens (including phenoxy) is 6.